The number of hydrogen-bond acceptors (Lipinski definition) is 4. The van der Waals surface area contributed by atoms with E-state index in [0.29, 0.717) is 6.54 Å². The lowest BCUT2D eigenvalue weighted by Gasteiger charge is -2.35. The topological polar surface area (TPSA) is 61.6 Å². The number of hydrogen-bond donors (Lipinski definition) is 2. The van der Waals surface area contributed by atoms with Crippen LogP contribution in [0.3, 0.4) is 0 Å². The molecule has 2 aliphatic rings. The fraction of sp³-hybridized carbons (Fsp3) is 0.632. The number of carbonyl (C=O) groups excluding carboxylic acids is 1. The van der Waals surface area contributed by atoms with Gasteiger partial charge in [-0.3, -0.25) is 14.6 Å². The third kappa shape index (κ3) is 4.56. The van der Waals surface area contributed by atoms with Gasteiger partial charge < -0.3 is 11.1 Å². The Labute approximate surface area is 145 Å². The highest BCUT2D eigenvalue weighted by Gasteiger charge is 2.36. The quantitative estimate of drug-likeness (QED) is 0.823. The first-order valence-electron chi connectivity index (χ1n) is 9.22. The van der Waals surface area contributed by atoms with Gasteiger partial charge in [0.2, 0.25) is 5.91 Å². The van der Waals surface area contributed by atoms with Crippen LogP contribution in [0.25, 0.3) is 0 Å². The SMILES string of the molecule is NC1(C(=O)NCCN2CCN(Cc3ccccc3)CC2)CCCC1. The summed E-state index contributed by atoms with van der Waals surface area (Å²) in [5.41, 5.74) is 6.96. The van der Waals surface area contributed by atoms with Gasteiger partial charge in [-0.05, 0) is 18.4 Å². The molecule has 0 radical (unpaired) electrons. The van der Waals surface area contributed by atoms with Crippen molar-refractivity contribution >= 4 is 5.91 Å². The van der Waals surface area contributed by atoms with Gasteiger partial charge in [-0.1, -0.05) is 43.2 Å². The molecule has 1 heterocycles. The molecule has 2 fully saturated rings. The van der Waals surface area contributed by atoms with Crippen LogP contribution in [-0.2, 0) is 11.3 Å². The summed E-state index contributed by atoms with van der Waals surface area (Å²) in [5.74, 6) is 0.0442. The molecule has 1 aliphatic carbocycles. The lowest BCUT2D eigenvalue weighted by atomic mass is 9.98. The van der Waals surface area contributed by atoms with E-state index in [0.717, 1.165) is 65.0 Å². The number of rotatable bonds is 6. The van der Waals surface area contributed by atoms with Gasteiger partial charge in [-0.25, -0.2) is 0 Å². The van der Waals surface area contributed by atoms with Crippen LogP contribution in [0.1, 0.15) is 31.2 Å². The van der Waals surface area contributed by atoms with Crippen molar-refractivity contribution < 1.29 is 4.79 Å². The number of piperazine rings is 1. The molecular formula is C19H30N4O. The van der Waals surface area contributed by atoms with Gasteiger partial charge in [-0.15, -0.1) is 0 Å². The molecule has 3 rings (SSSR count). The van der Waals surface area contributed by atoms with Crippen LogP contribution < -0.4 is 11.1 Å². The van der Waals surface area contributed by atoms with E-state index in [2.05, 4.69) is 45.4 Å². The Morgan fingerprint density at radius 3 is 2.33 bits per heavy atom. The molecule has 0 bridgehead atoms. The zero-order valence-corrected chi connectivity index (χ0v) is 14.5. The maximum absolute atomic E-state index is 12.2. The molecule has 24 heavy (non-hydrogen) atoms. The Hall–Kier alpha value is -1.43. The molecule has 132 valence electrons. The van der Waals surface area contributed by atoms with Crippen LogP contribution >= 0.6 is 0 Å². The molecule has 0 atom stereocenters. The summed E-state index contributed by atoms with van der Waals surface area (Å²) in [7, 11) is 0. The van der Waals surface area contributed by atoms with Crippen LogP contribution in [0.4, 0.5) is 0 Å². The molecule has 5 heteroatoms. The molecule has 0 spiro atoms. The van der Waals surface area contributed by atoms with Gasteiger partial charge in [0.05, 0.1) is 5.54 Å². The predicted molar refractivity (Wildman–Crippen MR) is 96.6 cm³/mol. The number of amides is 1. The van der Waals surface area contributed by atoms with Gasteiger partial charge in [0, 0.05) is 45.8 Å². The normalized spacial score (nSPS) is 21.7. The highest BCUT2D eigenvalue weighted by molar-refractivity contribution is 5.86. The van der Waals surface area contributed by atoms with Crippen molar-refractivity contribution in [3.05, 3.63) is 35.9 Å². The first-order chi connectivity index (χ1) is 11.7. The first-order valence-corrected chi connectivity index (χ1v) is 9.22. The number of nitrogens with two attached hydrogens (primary N) is 1. The Bertz CT molecular complexity index is 519. The molecule has 1 aromatic carbocycles. The van der Waals surface area contributed by atoms with Crippen molar-refractivity contribution in [1.29, 1.82) is 0 Å². The van der Waals surface area contributed by atoms with Gasteiger partial charge in [0.25, 0.3) is 0 Å². The zero-order valence-electron chi connectivity index (χ0n) is 14.5. The summed E-state index contributed by atoms with van der Waals surface area (Å²) in [6.07, 6.45) is 3.81. The number of nitrogens with one attached hydrogen (secondary N) is 1. The number of nitrogens with zero attached hydrogens (tertiary/aromatic N) is 2. The molecule has 1 saturated heterocycles. The number of benzene rings is 1. The first kappa shape index (κ1) is 17.4. The maximum atomic E-state index is 12.2. The van der Waals surface area contributed by atoms with E-state index in [-0.39, 0.29) is 5.91 Å². The second-order valence-electron chi connectivity index (χ2n) is 7.22. The summed E-state index contributed by atoms with van der Waals surface area (Å²) in [5, 5.41) is 3.04. The van der Waals surface area contributed by atoms with Gasteiger partial charge in [0.15, 0.2) is 0 Å². The third-order valence-electron chi connectivity index (χ3n) is 5.38. The molecular weight excluding hydrogens is 300 g/mol. The van der Waals surface area contributed by atoms with E-state index in [1.54, 1.807) is 0 Å². The summed E-state index contributed by atoms with van der Waals surface area (Å²) in [6.45, 7) is 6.96. The largest absolute Gasteiger partial charge is 0.353 e. The number of carbonyl (C=O) groups is 1. The minimum atomic E-state index is -0.603. The average Bonchev–Trinajstić information content (AvgIpc) is 3.05. The van der Waals surface area contributed by atoms with E-state index in [9.17, 15) is 4.79 Å². The fourth-order valence-electron chi connectivity index (χ4n) is 3.75. The second-order valence-corrected chi connectivity index (χ2v) is 7.22. The molecule has 1 aromatic rings. The standard InChI is InChI=1S/C19H30N4O/c20-19(8-4-5-9-19)18(24)21-10-11-22-12-14-23(15-13-22)16-17-6-2-1-3-7-17/h1-3,6-7H,4-5,8-16,20H2,(H,21,24). The van der Waals surface area contributed by atoms with Crippen molar-refractivity contribution in [3.63, 3.8) is 0 Å². The third-order valence-corrected chi connectivity index (χ3v) is 5.38. The van der Waals surface area contributed by atoms with Crippen molar-refractivity contribution in [2.45, 2.75) is 37.8 Å². The highest BCUT2D eigenvalue weighted by Crippen LogP contribution is 2.27. The van der Waals surface area contributed by atoms with Crippen molar-refractivity contribution in [1.82, 2.24) is 15.1 Å². The van der Waals surface area contributed by atoms with Crippen LogP contribution in [-0.4, -0.2) is 60.5 Å². The van der Waals surface area contributed by atoms with E-state index < -0.39 is 5.54 Å². The summed E-state index contributed by atoms with van der Waals surface area (Å²) >= 11 is 0. The molecule has 0 unspecified atom stereocenters. The maximum Gasteiger partial charge on any atom is 0.240 e. The minimum Gasteiger partial charge on any atom is -0.353 e. The lowest BCUT2D eigenvalue weighted by molar-refractivity contribution is -0.126. The molecule has 5 nitrogen and oxygen atoms in total. The molecule has 1 aliphatic heterocycles. The van der Waals surface area contributed by atoms with Crippen molar-refractivity contribution in [3.8, 4) is 0 Å². The van der Waals surface area contributed by atoms with E-state index in [4.69, 9.17) is 5.73 Å². The Morgan fingerprint density at radius 1 is 1.04 bits per heavy atom. The van der Waals surface area contributed by atoms with Crippen LogP contribution in [0.2, 0.25) is 0 Å². The minimum absolute atomic E-state index is 0.0442. The summed E-state index contributed by atoms with van der Waals surface area (Å²) < 4.78 is 0. The predicted octanol–water partition coefficient (Wildman–Crippen LogP) is 1.19. The van der Waals surface area contributed by atoms with Crippen LogP contribution in [0.15, 0.2) is 30.3 Å². The fourth-order valence-corrected chi connectivity index (χ4v) is 3.75. The Balaban J connectivity index is 1.33. The van der Waals surface area contributed by atoms with E-state index in [1.807, 2.05) is 0 Å². The van der Waals surface area contributed by atoms with Gasteiger partial charge in [-0.2, -0.15) is 0 Å². The lowest BCUT2D eigenvalue weighted by Crippen LogP contribution is -2.54. The Kier molecular flexibility index (Phi) is 5.87. The monoisotopic (exact) mass is 330 g/mol. The highest BCUT2D eigenvalue weighted by atomic mass is 16.2. The van der Waals surface area contributed by atoms with Gasteiger partial charge in [0.1, 0.15) is 0 Å². The second kappa shape index (κ2) is 8.10. The van der Waals surface area contributed by atoms with Crippen molar-refractivity contribution in [2.24, 2.45) is 5.73 Å². The molecule has 0 aromatic heterocycles. The van der Waals surface area contributed by atoms with E-state index >= 15 is 0 Å². The smallest absolute Gasteiger partial charge is 0.240 e. The average molecular weight is 330 g/mol. The van der Waals surface area contributed by atoms with Crippen molar-refractivity contribution in [2.75, 3.05) is 39.3 Å². The summed E-state index contributed by atoms with van der Waals surface area (Å²) in [6, 6.07) is 10.6. The van der Waals surface area contributed by atoms with Gasteiger partial charge >= 0.3 is 0 Å². The van der Waals surface area contributed by atoms with Crippen LogP contribution in [0, 0.1) is 0 Å². The zero-order chi connectivity index (χ0) is 16.8. The Morgan fingerprint density at radius 2 is 1.67 bits per heavy atom. The van der Waals surface area contributed by atoms with Crippen LogP contribution in [0.5, 0.6) is 0 Å². The molecule has 1 saturated carbocycles. The molecule has 1 amide bonds. The summed E-state index contributed by atoms with van der Waals surface area (Å²) in [4.78, 5) is 17.1. The molecule has 3 N–H and O–H groups in total. The van der Waals surface area contributed by atoms with E-state index in [1.165, 1.54) is 5.56 Å².